The number of likely N-dealkylation sites (tertiary alicyclic amines) is 2. The number of aromatic amines is 1. The highest BCUT2D eigenvalue weighted by atomic mass is 16.2. The van der Waals surface area contributed by atoms with Crippen LogP contribution in [0.4, 0.5) is 11.4 Å². The van der Waals surface area contributed by atoms with Crippen LogP contribution in [0.1, 0.15) is 111 Å². The maximum absolute atomic E-state index is 13.2. The van der Waals surface area contributed by atoms with Crippen molar-refractivity contribution in [1.82, 2.24) is 64.0 Å². The third kappa shape index (κ3) is 11.0. The van der Waals surface area contributed by atoms with E-state index < -0.39 is 0 Å². The van der Waals surface area contributed by atoms with E-state index in [0.717, 1.165) is 158 Å². The Morgan fingerprint density at radius 1 is 0.592 bits per heavy atom. The van der Waals surface area contributed by atoms with E-state index in [9.17, 15) is 9.59 Å². The summed E-state index contributed by atoms with van der Waals surface area (Å²) in [6, 6.07) is 11.9. The lowest BCUT2D eigenvalue weighted by atomic mass is 9.92. The molecule has 0 unspecified atom stereocenters. The number of fused-ring (bicyclic) bond motifs is 3. The molecule has 1 N–H and O–H groups in total. The SMILES string of the molecule is CC.CN1CCN(c2cnc3c(C4CCN(C(=O)c5ccn(C(C)(C)C)c5)CC4)ncnc3c2)CC1.Cc1nc2ccc(C(=O)N3CCC(c4ncnc5cc(N6CCN(C)CC6)cnc45)CC3)cc2[nH]1.[HH]. The number of amides is 2. The molecular weight excluding hydrogens is 891 g/mol. The Hall–Kier alpha value is -6.59. The maximum atomic E-state index is 13.2. The Morgan fingerprint density at radius 3 is 1.54 bits per heavy atom. The summed E-state index contributed by atoms with van der Waals surface area (Å²) < 4.78 is 2.10. The smallest absolute Gasteiger partial charge is 0.255 e. The van der Waals surface area contributed by atoms with Gasteiger partial charge in [0.05, 0.1) is 62.8 Å². The number of aryl methyl sites for hydroxylation is 1. The second-order valence-corrected chi connectivity index (χ2v) is 20.4. The summed E-state index contributed by atoms with van der Waals surface area (Å²) in [4.78, 5) is 75.2. The van der Waals surface area contributed by atoms with Gasteiger partial charge in [0.25, 0.3) is 11.8 Å². The van der Waals surface area contributed by atoms with E-state index in [2.05, 4.69) is 101 Å². The van der Waals surface area contributed by atoms with Crippen molar-refractivity contribution in [2.75, 3.05) is 102 Å². The summed E-state index contributed by atoms with van der Waals surface area (Å²) in [6.07, 6.45) is 14.7. The highest BCUT2D eigenvalue weighted by Crippen LogP contribution is 2.34. The van der Waals surface area contributed by atoms with Crippen molar-refractivity contribution >= 4 is 56.3 Å². The number of piperidine rings is 2. The molecule has 0 aliphatic carbocycles. The van der Waals surface area contributed by atoms with Crippen LogP contribution in [0.5, 0.6) is 0 Å². The number of aromatic nitrogens is 9. The first-order valence-electron chi connectivity index (χ1n) is 25.7. The summed E-state index contributed by atoms with van der Waals surface area (Å²) >= 11 is 0. The van der Waals surface area contributed by atoms with Gasteiger partial charge in [-0.3, -0.25) is 19.6 Å². The number of nitrogens with one attached hydrogen (secondary N) is 1. The number of hydrogen-bond acceptors (Lipinski definition) is 13. The first-order chi connectivity index (χ1) is 34.3. The lowest BCUT2D eigenvalue weighted by Gasteiger charge is -2.34. The van der Waals surface area contributed by atoms with Crippen LogP contribution < -0.4 is 9.80 Å². The first kappa shape index (κ1) is 49.4. The Kier molecular flexibility index (Phi) is 14.9. The lowest BCUT2D eigenvalue weighted by Crippen LogP contribution is -2.44. The number of carbonyl (C=O) groups excluding carboxylic acids is 2. The number of piperazine rings is 2. The van der Waals surface area contributed by atoms with Crippen molar-refractivity contribution in [2.24, 2.45) is 0 Å². The Bertz CT molecular complexity index is 2950. The van der Waals surface area contributed by atoms with Crippen LogP contribution in [-0.4, -0.2) is 168 Å². The van der Waals surface area contributed by atoms with Crippen molar-refractivity contribution in [3.63, 3.8) is 0 Å². The number of anilines is 2. The second kappa shape index (κ2) is 21.4. The number of carbonyl (C=O) groups is 2. The summed E-state index contributed by atoms with van der Waals surface area (Å²) in [5.74, 6) is 1.59. The number of benzene rings is 1. The standard InChI is InChI=1S/C26H30N8O.C26H35N7O.C2H6.H2/c1-17-30-21-4-3-19(13-22(21)31-17)26(35)34-7-5-18(6-8-34)24-25-23(28-16-29-24)14-20(15-27-25)33-11-9-32(2)10-12-33;1-26(2,3)33-10-7-20(17-33)25(34)32-8-5-19(6-9-32)23-24-22(28-18-29-23)15-21(16-27-24)31-13-11-30(4)12-14-31;1-2;/h3-4,13-16,18H,5-12H2,1-2H3,(H,30,31);7,10,15-19H,5-6,8-9,11-14H2,1-4H3;1-2H3;1H. The molecule has 17 nitrogen and oxygen atoms in total. The highest BCUT2D eigenvalue weighted by Gasteiger charge is 2.30. The minimum absolute atomic E-state index is 0. The largest absolute Gasteiger partial charge is 0.368 e. The summed E-state index contributed by atoms with van der Waals surface area (Å²) in [5.41, 5.74) is 11.1. The van der Waals surface area contributed by atoms with Gasteiger partial charge < -0.3 is 39.0 Å². The van der Waals surface area contributed by atoms with Crippen molar-refractivity contribution < 1.29 is 11.0 Å². The molecule has 0 saturated carbocycles. The van der Waals surface area contributed by atoms with Gasteiger partial charge in [-0.15, -0.1) is 0 Å². The molecule has 0 bridgehead atoms. The fraction of sp³-hybridized carbons (Fsp3) is 0.500. The zero-order valence-corrected chi connectivity index (χ0v) is 43.0. The molecule has 0 radical (unpaired) electrons. The van der Waals surface area contributed by atoms with E-state index in [4.69, 9.17) is 9.97 Å². The van der Waals surface area contributed by atoms with Gasteiger partial charge in [-0.2, -0.15) is 0 Å². The van der Waals surface area contributed by atoms with Crippen molar-refractivity contribution in [2.45, 2.75) is 84.6 Å². The van der Waals surface area contributed by atoms with Crippen molar-refractivity contribution in [1.29, 1.82) is 0 Å². The van der Waals surface area contributed by atoms with Crippen molar-refractivity contribution in [3.05, 3.63) is 102 Å². The molecule has 4 saturated heterocycles. The molecule has 11 rings (SSSR count). The van der Waals surface area contributed by atoms with E-state index in [0.29, 0.717) is 18.7 Å². The lowest BCUT2D eigenvalue weighted by molar-refractivity contribution is 0.0705. The molecule has 376 valence electrons. The van der Waals surface area contributed by atoms with E-state index in [1.54, 1.807) is 12.7 Å². The minimum Gasteiger partial charge on any atom is -0.368 e. The average Bonchev–Trinajstić information content (AvgIpc) is 4.06. The average molecular weight is 964 g/mol. The Balaban J connectivity index is 0.000000184. The molecule has 4 aliphatic rings. The third-order valence-electron chi connectivity index (χ3n) is 14.6. The van der Waals surface area contributed by atoms with Crippen LogP contribution >= 0.6 is 0 Å². The fourth-order valence-corrected chi connectivity index (χ4v) is 10.3. The highest BCUT2D eigenvalue weighted by molar-refractivity contribution is 5.97. The number of hydrogen-bond donors (Lipinski definition) is 1. The number of H-pyrrole nitrogens is 1. The van der Waals surface area contributed by atoms with E-state index in [1.165, 1.54) is 0 Å². The molecular formula is C54H73N15O2. The molecule has 1 aromatic carbocycles. The molecule has 0 atom stereocenters. The zero-order chi connectivity index (χ0) is 49.8. The molecule has 7 aromatic rings. The zero-order valence-electron chi connectivity index (χ0n) is 43.0. The van der Waals surface area contributed by atoms with Gasteiger partial charge in [0.1, 0.15) is 29.5 Å². The van der Waals surface area contributed by atoms with Gasteiger partial charge in [0.15, 0.2) is 0 Å². The molecule has 0 spiro atoms. The first-order valence-corrected chi connectivity index (χ1v) is 25.7. The molecule has 6 aromatic heterocycles. The quantitative estimate of drug-likeness (QED) is 0.173. The number of likely N-dealkylation sites (N-methyl/N-ethyl adjacent to an activating group) is 2. The normalized spacial score (nSPS) is 17.9. The molecule has 4 fully saturated rings. The predicted octanol–water partition coefficient (Wildman–Crippen LogP) is 7.61. The number of nitrogens with zero attached hydrogens (tertiary/aromatic N) is 14. The van der Waals surface area contributed by atoms with E-state index in [1.807, 2.05) is 79.6 Å². The summed E-state index contributed by atoms with van der Waals surface area (Å²) in [7, 11) is 4.32. The maximum Gasteiger partial charge on any atom is 0.255 e. The van der Waals surface area contributed by atoms with Gasteiger partial charge in [-0.25, -0.2) is 24.9 Å². The molecule has 10 heterocycles. The number of pyridine rings is 2. The molecule has 2 amide bonds. The summed E-state index contributed by atoms with van der Waals surface area (Å²) in [5, 5.41) is 0. The molecule has 17 heteroatoms. The van der Waals surface area contributed by atoms with Crippen LogP contribution in [0.3, 0.4) is 0 Å². The van der Waals surface area contributed by atoms with Gasteiger partial charge in [-0.1, -0.05) is 13.8 Å². The van der Waals surface area contributed by atoms with Crippen LogP contribution in [0.2, 0.25) is 0 Å². The monoisotopic (exact) mass is 964 g/mol. The third-order valence-corrected chi connectivity index (χ3v) is 14.6. The van der Waals surface area contributed by atoms with Gasteiger partial charge >= 0.3 is 0 Å². The number of rotatable bonds is 6. The Labute approximate surface area is 419 Å². The topological polar surface area (TPSA) is 165 Å². The van der Waals surface area contributed by atoms with Crippen LogP contribution in [0.25, 0.3) is 33.1 Å². The van der Waals surface area contributed by atoms with Crippen LogP contribution in [0, 0.1) is 6.92 Å². The van der Waals surface area contributed by atoms with E-state index in [-0.39, 0.29) is 30.6 Å². The van der Waals surface area contributed by atoms with Gasteiger partial charge in [0.2, 0.25) is 0 Å². The summed E-state index contributed by atoms with van der Waals surface area (Å²) in [6.45, 7) is 23.5. The number of imidazole rings is 1. The predicted molar refractivity (Wildman–Crippen MR) is 284 cm³/mol. The second-order valence-electron chi connectivity index (χ2n) is 20.4. The van der Waals surface area contributed by atoms with Gasteiger partial charge in [-0.05, 0) is 104 Å². The van der Waals surface area contributed by atoms with Crippen LogP contribution in [0.15, 0.2) is 73.8 Å². The Morgan fingerprint density at radius 2 is 1.07 bits per heavy atom. The van der Waals surface area contributed by atoms with Gasteiger partial charge in [0, 0.05) is 115 Å². The minimum atomic E-state index is -0.0309. The molecule has 4 aliphatic heterocycles. The van der Waals surface area contributed by atoms with E-state index >= 15 is 0 Å². The fourth-order valence-electron chi connectivity index (χ4n) is 10.3. The van der Waals surface area contributed by atoms with Crippen molar-refractivity contribution in [3.8, 4) is 0 Å². The van der Waals surface area contributed by atoms with Crippen LogP contribution in [-0.2, 0) is 5.54 Å². The molecule has 71 heavy (non-hydrogen) atoms.